The summed E-state index contributed by atoms with van der Waals surface area (Å²) in [4.78, 5) is 14.1. The zero-order valence-electron chi connectivity index (χ0n) is 14.1. The number of amides is 2. The molecule has 1 aliphatic heterocycles. The average molecular weight is 332 g/mol. The number of hydrogen-bond donors (Lipinski definition) is 2. The van der Waals surface area contributed by atoms with Crippen LogP contribution in [0.2, 0.25) is 0 Å². The summed E-state index contributed by atoms with van der Waals surface area (Å²) in [5.41, 5.74) is 0.699. The normalized spacial score (nSPS) is 18.8. The van der Waals surface area contributed by atoms with Crippen LogP contribution >= 0.6 is 0 Å². The zero-order chi connectivity index (χ0) is 17.1. The van der Waals surface area contributed by atoms with Gasteiger partial charge in [-0.05, 0) is 38.8 Å². The molecule has 0 aliphatic carbocycles. The molecule has 0 saturated carbocycles. The van der Waals surface area contributed by atoms with Gasteiger partial charge < -0.3 is 24.5 Å². The molecule has 6 heteroatoms. The van der Waals surface area contributed by atoms with Gasteiger partial charge in [0.05, 0.1) is 25.3 Å². The number of nitrogens with one attached hydrogen (secondary N) is 1. The second-order valence-corrected chi connectivity index (χ2v) is 6.10. The Labute approximate surface area is 141 Å². The number of aliphatic hydroxyl groups excluding tert-OH is 1. The Hall–Kier alpha value is -2.21. The van der Waals surface area contributed by atoms with Crippen molar-refractivity contribution in [2.45, 2.75) is 38.8 Å². The minimum absolute atomic E-state index is 0.00412. The molecule has 1 aliphatic rings. The molecule has 130 valence electrons. The molecule has 6 nitrogen and oxygen atoms in total. The zero-order valence-corrected chi connectivity index (χ0v) is 14.1. The first-order valence-corrected chi connectivity index (χ1v) is 8.47. The van der Waals surface area contributed by atoms with Gasteiger partial charge in [0, 0.05) is 11.9 Å². The van der Waals surface area contributed by atoms with Crippen molar-refractivity contribution in [1.29, 1.82) is 0 Å². The molecule has 2 atom stereocenters. The second-order valence-electron chi connectivity index (χ2n) is 6.10. The molecule has 2 aromatic rings. The van der Waals surface area contributed by atoms with Crippen LogP contribution in [-0.2, 0) is 0 Å². The lowest BCUT2D eigenvalue weighted by Gasteiger charge is -2.25. The average Bonchev–Trinajstić information content (AvgIpc) is 3.22. The minimum atomic E-state index is -0.265. The van der Waals surface area contributed by atoms with E-state index in [0.29, 0.717) is 30.2 Å². The van der Waals surface area contributed by atoms with Gasteiger partial charge in [-0.1, -0.05) is 12.1 Å². The number of hydrogen-bond acceptors (Lipinski definition) is 4. The van der Waals surface area contributed by atoms with E-state index in [1.165, 1.54) is 0 Å². The van der Waals surface area contributed by atoms with E-state index in [-0.39, 0.29) is 24.7 Å². The Morgan fingerprint density at radius 1 is 1.54 bits per heavy atom. The molecule has 24 heavy (non-hydrogen) atoms. The summed E-state index contributed by atoms with van der Waals surface area (Å²) in [6.45, 7) is 5.07. The third kappa shape index (κ3) is 3.19. The quantitative estimate of drug-likeness (QED) is 0.882. The van der Waals surface area contributed by atoms with Crippen LogP contribution in [0.25, 0.3) is 11.0 Å². The summed E-state index contributed by atoms with van der Waals surface area (Å²) in [7, 11) is 0. The van der Waals surface area contributed by atoms with Crippen LogP contribution in [-0.4, -0.2) is 41.8 Å². The standard InChI is InChI=1S/C18H24N2O4/c1-3-23-15-8-4-6-13-10-16(24-17(13)15)12(2)19-18(22)20-9-5-7-14(20)11-21/h4,6,8,10,12,14,21H,3,5,7,9,11H2,1-2H3,(H,19,22). The number of furan rings is 1. The number of fused-ring (bicyclic) bond motifs is 1. The lowest BCUT2D eigenvalue weighted by atomic mass is 10.2. The number of nitrogens with zero attached hydrogens (tertiary/aromatic N) is 1. The van der Waals surface area contributed by atoms with Gasteiger partial charge in [-0.15, -0.1) is 0 Å². The van der Waals surface area contributed by atoms with E-state index >= 15 is 0 Å². The maximum Gasteiger partial charge on any atom is 0.318 e. The van der Waals surface area contributed by atoms with E-state index in [1.54, 1.807) is 4.90 Å². The predicted octanol–water partition coefficient (Wildman–Crippen LogP) is 3.06. The van der Waals surface area contributed by atoms with Gasteiger partial charge >= 0.3 is 6.03 Å². The van der Waals surface area contributed by atoms with Crippen molar-refractivity contribution < 1.29 is 19.1 Å². The second kappa shape index (κ2) is 7.13. The molecule has 0 radical (unpaired) electrons. The Bertz CT molecular complexity index is 712. The Balaban J connectivity index is 1.75. The molecule has 1 saturated heterocycles. The highest BCUT2D eigenvalue weighted by Crippen LogP contribution is 2.31. The molecule has 2 N–H and O–H groups in total. The van der Waals surface area contributed by atoms with Gasteiger partial charge in [0.1, 0.15) is 5.76 Å². The summed E-state index contributed by atoms with van der Waals surface area (Å²) in [6.07, 6.45) is 1.77. The van der Waals surface area contributed by atoms with E-state index in [4.69, 9.17) is 9.15 Å². The summed E-state index contributed by atoms with van der Waals surface area (Å²) in [5.74, 6) is 1.39. The summed E-state index contributed by atoms with van der Waals surface area (Å²) in [5, 5.41) is 13.3. The van der Waals surface area contributed by atoms with Crippen molar-refractivity contribution >= 4 is 17.0 Å². The summed E-state index contributed by atoms with van der Waals surface area (Å²) >= 11 is 0. The summed E-state index contributed by atoms with van der Waals surface area (Å²) in [6, 6.07) is 7.17. The number of ether oxygens (including phenoxy) is 1. The Kier molecular flexibility index (Phi) is 4.94. The fourth-order valence-corrected chi connectivity index (χ4v) is 3.17. The van der Waals surface area contributed by atoms with Crippen LogP contribution in [0.5, 0.6) is 5.75 Å². The molecule has 2 amide bonds. The summed E-state index contributed by atoms with van der Waals surface area (Å²) < 4.78 is 11.5. The molecule has 0 bridgehead atoms. The largest absolute Gasteiger partial charge is 0.490 e. The lowest BCUT2D eigenvalue weighted by Crippen LogP contribution is -2.44. The van der Waals surface area contributed by atoms with E-state index in [2.05, 4.69) is 5.32 Å². The van der Waals surface area contributed by atoms with Crippen LogP contribution in [0, 0.1) is 0 Å². The van der Waals surface area contributed by atoms with E-state index in [1.807, 2.05) is 38.1 Å². The topological polar surface area (TPSA) is 74.9 Å². The smallest absolute Gasteiger partial charge is 0.318 e. The number of carbonyl (C=O) groups excluding carboxylic acids is 1. The van der Waals surface area contributed by atoms with Crippen molar-refractivity contribution in [3.63, 3.8) is 0 Å². The highest BCUT2D eigenvalue weighted by Gasteiger charge is 2.29. The van der Waals surface area contributed by atoms with Gasteiger partial charge in [-0.2, -0.15) is 0 Å². The number of carbonyl (C=O) groups is 1. The maximum atomic E-state index is 12.4. The van der Waals surface area contributed by atoms with Crippen molar-refractivity contribution in [1.82, 2.24) is 10.2 Å². The molecule has 0 spiro atoms. The van der Waals surface area contributed by atoms with Crippen molar-refractivity contribution in [2.24, 2.45) is 0 Å². The van der Waals surface area contributed by atoms with Gasteiger partial charge in [0.15, 0.2) is 11.3 Å². The Morgan fingerprint density at radius 2 is 2.38 bits per heavy atom. The van der Waals surface area contributed by atoms with Crippen LogP contribution in [0.3, 0.4) is 0 Å². The fourth-order valence-electron chi connectivity index (χ4n) is 3.17. The molecule has 1 aromatic heterocycles. The lowest BCUT2D eigenvalue weighted by molar-refractivity contribution is 0.154. The number of para-hydroxylation sites is 1. The van der Waals surface area contributed by atoms with Gasteiger partial charge in [-0.3, -0.25) is 0 Å². The molecule has 2 heterocycles. The van der Waals surface area contributed by atoms with Crippen LogP contribution in [0.15, 0.2) is 28.7 Å². The van der Waals surface area contributed by atoms with Gasteiger partial charge in [0.2, 0.25) is 0 Å². The van der Waals surface area contributed by atoms with E-state index in [9.17, 15) is 9.90 Å². The van der Waals surface area contributed by atoms with Crippen LogP contribution in [0.4, 0.5) is 4.79 Å². The molecule has 1 aromatic carbocycles. The molecule has 2 unspecified atom stereocenters. The van der Waals surface area contributed by atoms with Crippen LogP contribution in [0.1, 0.15) is 38.5 Å². The van der Waals surface area contributed by atoms with E-state index < -0.39 is 0 Å². The predicted molar refractivity (Wildman–Crippen MR) is 91.1 cm³/mol. The number of urea groups is 1. The van der Waals surface area contributed by atoms with Crippen molar-refractivity contribution in [2.75, 3.05) is 19.8 Å². The number of aliphatic hydroxyl groups is 1. The monoisotopic (exact) mass is 332 g/mol. The van der Waals surface area contributed by atoms with Gasteiger partial charge in [0.25, 0.3) is 0 Å². The third-order valence-electron chi connectivity index (χ3n) is 4.44. The van der Waals surface area contributed by atoms with Crippen molar-refractivity contribution in [3.8, 4) is 5.75 Å². The molecular weight excluding hydrogens is 308 g/mol. The highest BCUT2D eigenvalue weighted by atomic mass is 16.5. The van der Waals surface area contributed by atoms with Crippen molar-refractivity contribution in [3.05, 3.63) is 30.0 Å². The number of likely N-dealkylation sites (tertiary alicyclic amines) is 1. The number of rotatable bonds is 5. The minimum Gasteiger partial charge on any atom is -0.490 e. The molecule has 3 rings (SSSR count). The first kappa shape index (κ1) is 16.6. The first-order chi connectivity index (χ1) is 11.6. The molecular formula is C18H24N2O4. The Morgan fingerprint density at radius 3 is 3.12 bits per heavy atom. The first-order valence-electron chi connectivity index (χ1n) is 8.47. The number of benzene rings is 1. The van der Waals surface area contributed by atoms with E-state index in [0.717, 1.165) is 18.2 Å². The fraction of sp³-hybridized carbons (Fsp3) is 0.500. The SMILES string of the molecule is CCOc1cccc2cc(C(C)NC(=O)N3CCCC3CO)oc12. The van der Waals surface area contributed by atoms with Gasteiger partial charge in [-0.25, -0.2) is 4.79 Å². The third-order valence-corrected chi connectivity index (χ3v) is 4.44. The maximum absolute atomic E-state index is 12.4. The highest BCUT2D eigenvalue weighted by molar-refractivity contribution is 5.84. The molecule has 1 fully saturated rings. The van der Waals surface area contributed by atoms with Crippen LogP contribution < -0.4 is 10.1 Å².